The van der Waals surface area contributed by atoms with Crippen LogP contribution in [0.4, 0.5) is 0 Å². The predicted molar refractivity (Wildman–Crippen MR) is 162 cm³/mol. The number of aliphatic carboxylic acids is 4. The van der Waals surface area contributed by atoms with Gasteiger partial charge in [-0.2, -0.15) is 0 Å². The van der Waals surface area contributed by atoms with E-state index in [1.165, 1.54) is 0 Å². The van der Waals surface area contributed by atoms with Crippen molar-refractivity contribution in [3.8, 4) is 0 Å². The van der Waals surface area contributed by atoms with Crippen molar-refractivity contribution in [3.05, 3.63) is 35.9 Å². The van der Waals surface area contributed by atoms with Crippen LogP contribution in [0.25, 0.3) is 0 Å². The predicted octanol–water partition coefficient (Wildman–Crippen LogP) is 0.701. The number of hydrogen-bond acceptors (Lipinski definition) is 9. The van der Waals surface area contributed by atoms with Crippen LogP contribution in [0.15, 0.2) is 30.3 Å². The van der Waals surface area contributed by atoms with Gasteiger partial charge in [0, 0.05) is 31.4 Å². The van der Waals surface area contributed by atoms with Crippen LogP contribution < -0.4 is 21.0 Å². The summed E-state index contributed by atoms with van der Waals surface area (Å²) in [6.45, 7) is -0.128. The topological polar surface area (TPSA) is 295 Å². The highest BCUT2D eigenvalue weighted by molar-refractivity contribution is 7.50. The maximum Gasteiger partial charge on any atom is 0.403 e. The number of benzene rings is 1. The van der Waals surface area contributed by atoms with Crippen LogP contribution >= 0.6 is 7.75 Å². The minimum atomic E-state index is -4.71. The number of carboxylic acids is 4. The first-order chi connectivity index (χ1) is 22.1. The van der Waals surface area contributed by atoms with Gasteiger partial charge >= 0.3 is 31.6 Å². The van der Waals surface area contributed by atoms with Gasteiger partial charge in [0.25, 0.3) is 5.91 Å². The van der Waals surface area contributed by atoms with Crippen molar-refractivity contribution in [2.24, 2.45) is 0 Å². The fourth-order valence-electron chi connectivity index (χ4n) is 4.03. The summed E-state index contributed by atoms with van der Waals surface area (Å²) in [4.78, 5) is 91.4. The molecular weight excluding hydrogens is 647 g/mol. The fourth-order valence-corrected chi connectivity index (χ4v) is 5.11. The molecule has 1 aromatic carbocycles. The summed E-state index contributed by atoms with van der Waals surface area (Å²) in [6, 6.07) is 4.06. The Balaban J connectivity index is 2.40. The van der Waals surface area contributed by atoms with E-state index in [-0.39, 0.29) is 31.6 Å². The number of nitrogens with one attached hydrogen (secondary N) is 4. The van der Waals surface area contributed by atoms with Gasteiger partial charge in [-0.25, -0.2) is 19.2 Å². The number of hydrogen-bond donors (Lipinski definition) is 9. The summed E-state index contributed by atoms with van der Waals surface area (Å²) in [7, 11) is -4.71. The SMILES string of the molecule is O=C(O)CC[C@H](NP(=O)(O)OCCC[C@H](NC(=O)CC[C@H](NC(=O)CCCCCNC(=O)c1ccccc1)C(=O)O)C(=O)O)C(=O)O. The van der Waals surface area contributed by atoms with Crippen molar-refractivity contribution in [1.29, 1.82) is 0 Å². The highest BCUT2D eigenvalue weighted by Gasteiger charge is 2.30. The number of rotatable bonds is 25. The summed E-state index contributed by atoms with van der Waals surface area (Å²) >= 11 is 0. The number of carbonyl (C=O) groups excluding carboxylic acids is 3. The second kappa shape index (κ2) is 21.4. The Kier molecular flexibility index (Phi) is 18.5. The van der Waals surface area contributed by atoms with Gasteiger partial charge < -0.3 is 41.3 Å². The number of carbonyl (C=O) groups is 7. The van der Waals surface area contributed by atoms with Crippen molar-refractivity contribution in [3.63, 3.8) is 0 Å². The molecule has 0 bridgehead atoms. The molecule has 47 heavy (non-hydrogen) atoms. The molecule has 18 nitrogen and oxygen atoms in total. The van der Waals surface area contributed by atoms with E-state index in [0.717, 1.165) is 0 Å². The standard InChI is InChI=1S/C28H41N4O14P/c33-22(11-5-2-6-16-29-25(37)18-8-3-1-4-9-18)31-20(27(40)41)12-14-23(34)30-19(26(38)39)10-7-17-46-47(44,45)32-21(28(42)43)13-15-24(35)36/h1,3-4,8-9,19-21H,2,5-7,10-17H2,(H,29,37)(H,30,34)(H,31,33)(H,35,36)(H,38,39)(H,40,41)(H,42,43)(H2,32,44,45)/t19-,20-,21-/m0/s1. The molecule has 0 aromatic heterocycles. The molecule has 9 N–H and O–H groups in total. The maximum absolute atomic E-state index is 12.3. The first kappa shape index (κ1) is 40.6. The Morgan fingerprint density at radius 2 is 1.23 bits per heavy atom. The van der Waals surface area contributed by atoms with Crippen LogP contribution in [0.3, 0.4) is 0 Å². The molecule has 1 aromatic rings. The minimum absolute atomic E-state index is 0.0152. The van der Waals surface area contributed by atoms with E-state index in [9.17, 15) is 53.2 Å². The highest BCUT2D eigenvalue weighted by Crippen LogP contribution is 2.38. The van der Waals surface area contributed by atoms with E-state index < -0.39 is 87.4 Å². The lowest BCUT2D eigenvalue weighted by molar-refractivity contribution is -0.143. The normalized spacial score (nSPS) is 14.1. The Morgan fingerprint density at radius 3 is 1.81 bits per heavy atom. The Bertz CT molecular complexity index is 1280. The van der Waals surface area contributed by atoms with Crippen LogP contribution in [0.2, 0.25) is 0 Å². The van der Waals surface area contributed by atoms with E-state index >= 15 is 0 Å². The molecule has 0 radical (unpaired) electrons. The fraction of sp³-hybridized carbons (Fsp3) is 0.536. The molecule has 19 heteroatoms. The molecule has 0 aliphatic rings. The van der Waals surface area contributed by atoms with Gasteiger partial charge in [0.15, 0.2) is 0 Å². The Hall–Kier alpha value is -4.38. The summed E-state index contributed by atoms with van der Waals surface area (Å²) in [5.74, 6) is -7.34. The quantitative estimate of drug-likeness (QED) is 0.0505. The van der Waals surface area contributed by atoms with Crippen LogP contribution in [-0.4, -0.2) is 98.2 Å². The molecule has 3 amide bonds. The zero-order chi connectivity index (χ0) is 35.4. The van der Waals surface area contributed by atoms with Crippen LogP contribution in [0, 0.1) is 0 Å². The Morgan fingerprint density at radius 1 is 0.681 bits per heavy atom. The van der Waals surface area contributed by atoms with Gasteiger partial charge in [0.1, 0.15) is 18.1 Å². The van der Waals surface area contributed by atoms with Crippen LogP contribution in [0.5, 0.6) is 0 Å². The van der Waals surface area contributed by atoms with Crippen molar-refractivity contribution >= 4 is 49.3 Å². The summed E-state index contributed by atoms with van der Waals surface area (Å²) in [6.07, 6.45) is -0.702. The molecular formula is C28H41N4O14P. The molecule has 1 rings (SSSR count). The van der Waals surface area contributed by atoms with Crippen molar-refractivity contribution in [1.82, 2.24) is 21.0 Å². The second-order valence-electron chi connectivity index (χ2n) is 10.3. The third kappa shape index (κ3) is 18.4. The maximum atomic E-state index is 12.3. The van der Waals surface area contributed by atoms with Crippen molar-refractivity contribution in [2.45, 2.75) is 82.3 Å². The number of amides is 3. The first-order valence-corrected chi connectivity index (χ1v) is 16.3. The molecule has 0 spiro atoms. The molecule has 4 atom stereocenters. The number of unbranched alkanes of at least 4 members (excludes halogenated alkanes) is 2. The molecule has 0 aliphatic heterocycles. The lowest BCUT2D eigenvalue weighted by atomic mass is 10.1. The Labute approximate surface area is 269 Å². The molecule has 0 fully saturated rings. The van der Waals surface area contributed by atoms with Gasteiger partial charge in [0.05, 0.1) is 6.61 Å². The average molecular weight is 689 g/mol. The second-order valence-corrected chi connectivity index (χ2v) is 11.9. The highest BCUT2D eigenvalue weighted by atomic mass is 31.2. The first-order valence-electron chi connectivity index (χ1n) is 14.7. The smallest absolute Gasteiger partial charge is 0.403 e. The van der Waals surface area contributed by atoms with Crippen LogP contribution in [-0.2, 0) is 37.9 Å². The van der Waals surface area contributed by atoms with E-state index in [1.54, 1.807) is 30.3 Å². The van der Waals surface area contributed by atoms with Gasteiger partial charge in [-0.1, -0.05) is 24.6 Å². The lowest BCUT2D eigenvalue weighted by Gasteiger charge is -2.19. The largest absolute Gasteiger partial charge is 0.481 e. The van der Waals surface area contributed by atoms with Gasteiger partial charge in [-0.3, -0.25) is 28.5 Å². The van der Waals surface area contributed by atoms with E-state index in [2.05, 4.69) is 16.0 Å². The van der Waals surface area contributed by atoms with Gasteiger partial charge in [-0.15, -0.1) is 0 Å². The van der Waals surface area contributed by atoms with Crippen molar-refractivity contribution < 1.29 is 68.0 Å². The summed E-state index contributed by atoms with van der Waals surface area (Å²) in [5.41, 5.74) is 0.527. The van der Waals surface area contributed by atoms with Crippen molar-refractivity contribution in [2.75, 3.05) is 13.2 Å². The number of carboxylic acid groups (broad SMARTS) is 4. The lowest BCUT2D eigenvalue weighted by Crippen LogP contribution is -2.44. The zero-order valence-electron chi connectivity index (χ0n) is 25.5. The summed E-state index contributed by atoms with van der Waals surface area (Å²) in [5, 5.41) is 45.7. The molecule has 262 valence electrons. The zero-order valence-corrected chi connectivity index (χ0v) is 26.4. The molecule has 0 aliphatic carbocycles. The molecule has 0 saturated carbocycles. The average Bonchev–Trinajstić information content (AvgIpc) is 3.00. The minimum Gasteiger partial charge on any atom is -0.481 e. The van der Waals surface area contributed by atoms with E-state index in [4.69, 9.17) is 14.7 Å². The summed E-state index contributed by atoms with van der Waals surface area (Å²) < 4.78 is 16.8. The van der Waals surface area contributed by atoms with Gasteiger partial charge in [-0.05, 0) is 50.7 Å². The van der Waals surface area contributed by atoms with E-state index in [0.29, 0.717) is 31.4 Å². The van der Waals surface area contributed by atoms with Gasteiger partial charge in [0.2, 0.25) is 11.8 Å². The molecule has 0 heterocycles. The van der Waals surface area contributed by atoms with Crippen LogP contribution in [0.1, 0.15) is 74.6 Å². The monoisotopic (exact) mass is 688 g/mol. The molecule has 1 unspecified atom stereocenters. The molecule has 0 saturated heterocycles. The third-order valence-corrected chi connectivity index (χ3v) is 7.67. The third-order valence-electron chi connectivity index (χ3n) is 6.50. The van der Waals surface area contributed by atoms with E-state index in [1.807, 2.05) is 5.09 Å².